The summed E-state index contributed by atoms with van der Waals surface area (Å²) in [5.74, 6) is 0.759. The summed E-state index contributed by atoms with van der Waals surface area (Å²) in [7, 11) is 0. The summed E-state index contributed by atoms with van der Waals surface area (Å²) in [5, 5.41) is 6.72. The first-order valence-corrected chi connectivity index (χ1v) is 7.12. The second-order valence-electron chi connectivity index (χ2n) is 4.92. The third kappa shape index (κ3) is 5.28. The van der Waals surface area contributed by atoms with E-state index in [1.54, 1.807) is 11.3 Å². The van der Waals surface area contributed by atoms with Crippen molar-refractivity contribution in [1.29, 1.82) is 0 Å². The molecule has 0 saturated heterocycles. The summed E-state index contributed by atoms with van der Waals surface area (Å²) in [5.41, 5.74) is 1.47. The van der Waals surface area contributed by atoms with Crippen molar-refractivity contribution in [2.45, 2.75) is 40.2 Å². The minimum absolute atomic E-state index is 0.319. The number of halogens is 1. The van der Waals surface area contributed by atoms with E-state index in [9.17, 15) is 0 Å². The Labute approximate surface area is 107 Å². The summed E-state index contributed by atoms with van der Waals surface area (Å²) in [6.07, 6.45) is 2.26. The van der Waals surface area contributed by atoms with E-state index in [2.05, 4.69) is 29.5 Å². The molecule has 92 valence electrons. The third-order valence-corrected chi connectivity index (χ3v) is 3.65. The molecule has 0 aliphatic rings. The Balaban J connectivity index is 2.24. The maximum absolute atomic E-state index is 5.71. The molecule has 0 amide bonds. The Morgan fingerprint density at radius 3 is 2.81 bits per heavy atom. The molecule has 0 radical (unpaired) electrons. The predicted octanol–water partition coefficient (Wildman–Crippen LogP) is 3.59. The molecule has 1 aromatic heterocycles. The van der Waals surface area contributed by atoms with E-state index < -0.39 is 0 Å². The lowest BCUT2D eigenvalue weighted by molar-refractivity contribution is 0.311. The number of hydrogen-bond acceptors (Lipinski definition) is 3. The van der Waals surface area contributed by atoms with Crippen LogP contribution in [0.5, 0.6) is 0 Å². The van der Waals surface area contributed by atoms with Gasteiger partial charge in [0.2, 0.25) is 0 Å². The average molecular weight is 261 g/mol. The van der Waals surface area contributed by atoms with Crippen molar-refractivity contribution in [1.82, 2.24) is 10.3 Å². The van der Waals surface area contributed by atoms with Gasteiger partial charge in [0.25, 0.3) is 0 Å². The number of aromatic nitrogens is 1. The van der Waals surface area contributed by atoms with E-state index in [0.29, 0.717) is 5.41 Å². The topological polar surface area (TPSA) is 24.9 Å². The van der Waals surface area contributed by atoms with Gasteiger partial charge < -0.3 is 5.32 Å². The highest BCUT2D eigenvalue weighted by atomic mass is 35.5. The maximum atomic E-state index is 5.71. The summed E-state index contributed by atoms with van der Waals surface area (Å²) < 4.78 is 0. The van der Waals surface area contributed by atoms with Crippen LogP contribution in [-0.2, 0) is 6.54 Å². The van der Waals surface area contributed by atoms with Crippen molar-refractivity contribution in [2.24, 2.45) is 5.41 Å². The molecule has 0 fully saturated rings. The number of aryl methyl sites for hydroxylation is 1. The second kappa shape index (κ2) is 6.58. The molecule has 1 aromatic rings. The molecular formula is C12H21ClN2S. The van der Waals surface area contributed by atoms with E-state index in [4.69, 9.17) is 11.6 Å². The average Bonchev–Trinajstić information content (AvgIpc) is 2.61. The Morgan fingerprint density at radius 2 is 2.25 bits per heavy atom. The maximum Gasteiger partial charge on any atom is 0.0897 e. The molecule has 0 aliphatic carbocycles. The van der Waals surface area contributed by atoms with E-state index in [-0.39, 0.29) is 0 Å². The van der Waals surface area contributed by atoms with Gasteiger partial charge in [0.15, 0.2) is 0 Å². The lowest BCUT2D eigenvalue weighted by atomic mass is 9.88. The molecule has 4 heteroatoms. The lowest BCUT2D eigenvalue weighted by Crippen LogP contribution is -2.29. The van der Waals surface area contributed by atoms with Gasteiger partial charge in [0.05, 0.1) is 10.7 Å². The van der Waals surface area contributed by atoms with E-state index in [1.807, 2.05) is 6.92 Å². The molecule has 1 rings (SSSR count). The van der Waals surface area contributed by atoms with Crippen molar-refractivity contribution in [3.8, 4) is 0 Å². The number of nitrogens with one attached hydrogen (secondary N) is 1. The highest BCUT2D eigenvalue weighted by molar-refractivity contribution is 7.09. The van der Waals surface area contributed by atoms with Gasteiger partial charge in [-0.2, -0.15) is 0 Å². The Morgan fingerprint density at radius 1 is 1.50 bits per heavy atom. The minimum atomic E-state index is 0.319. The Bertz CT molecular complexity index is 310. The van der Waals surface area contributed by atoms with Crippen LogP contribution in [0, 0.1) is 12.3 Å². The first-order chi connectivity index (χ1) is 7.53. The van der Waals surface area contributed by atoms with Crippen LogP contribution in [0.2, 0.25) is 0 Å². The predicted molar refractivity (Wildman–Crippen MR) is 72.3 cm³/mol. The normalized spacial score (nSPS) is 12.0. The van der Waals surface area contributed by atoms with Gasteiger partial charge in [-0.25, -0.2) is 4.98 Å². The Hall–Kier alpha value is -0.120. The molecule has 0 bridgehead atoms. The second-order valence-corrected chi connectivity index (χ2v) is 6.36. The van der Waals surface area contributed by atoms with Gasteiger partial charge in [-0.15, -0.1) is 22.9 Å². The molecule has 1 heterocycles. The molecule has 0 atom stereocenters. The minimum Gasteiger partial charge on any atom is -0.311 e. The fourth-order valence-corrected chi connectivity index (χ4v) is 2.40. The summed E-state index contributed by atoms with van der Waals surface area (Å²) >= 11 is 7.42. The molecule has 2 nitrogen and oxygen atoms in total. The number of hydrogen-bond donors (Lipinski definition) is 1. The van der Waals surface area contributed by atoms with Crippen LogP contribution in [0.4, 0.5) is 0 Å². The number of alkyl halides is 1. The van der Waals surface area contributed by atoms with E-state index in [0.717, 1.165) is 36.1 Å². The van der Waals surface area contributed by atoms with Gasteiger partial charge in [-0.1, -0.05) is 13.8 Å². The van der Waals surface area contributed by atoms with Crippen molar-refractivity contribution in [3.63, 3.8) is 0 Å². The summed E-state index contributed by atoms with van der Waals surface area (Å²) in [4.78, 5) is 4.43. The fraction of sp³-hybridized carbons (Fsp3) is 0.750. The first kappa shape index (κ1) is 13.9. The molecule has 0 aromatic carbocycles. The number of nitrogens with zero attached hydrogens (tertiary/aromatic N) is 1. The molecule has 1 N–H and O–H groups in total. The van der Waals surface area contributed by atoms with E-state index in [1.165, 1.54) is 6.42 Å². The molecule has 16 heavy (non-hydrogen) atoms. The van der Waals surface area contributed by atoms with Gasteiger partial charge in [-0.05, 0) is 25.2 Å². The van der Waals surface area contributed by atoms with Crippen LogP contribution in [0.25, 0.3) is 0 Å². The van der Waals surface area contributed by atoms with Gasteiger partial charge >= 0.3 is 0 Å². The summed E-state index contributed by atoms with van der Waals surface area (Å²) in [6, 6.07) is 0. The molecular weight excluding hydrogens is 240 g/mol. The quantitative estimate of drug-likeness (QED) is 0.758. The monoisotopic (exact) mass is 260 g/mol. The molecule has 0 spiro atoms. The zero-order valence-electron chi connectivity index (χ0n) is 10.3. The summed E-state index contributed by atoms with van der Waals surface area (Å²) in [6.45, 7) is 8.48. The van der Waals surface area contributed by atoms with Crippen molar-refractivity contribution in [3.05, 3.63) is 16.1 Å². The fourth-order valence-electron chi connectivity index (χ4n) is 1.65. The highest BCUT2D eigenvalue weighted by Gasteiger charge is 2.16. The molecule has 0 aliphatic heterocycles. The van der Waals surface area contributed by atoms with Crippen molar-refractivity contribution in [2.75, 3.05) is 12.4 Å². The third-order valence-electron chi connectivity index (χ3n) is 2.56. The van der Waals surface area contributed by atoms with Crippen LogP contribution >= 0.6 is 22.9 Å². The van der Waals surface area contributed by atoms with Crippen molar-refractivity contribution < 1.29 is 0 Å². The zero-order chi connectivity index (χ0) is 12.0. The smallest absolute Gasteiger partial charge is 0.0897 e. The van der Waals surface area contributed by atoms with Crippen LogP contribution in [0.1, 0.15) is 37.4 Å². The van der Waals surface area contributed by atoms with Crippen LogP contribution < -0.4 is 5.32 Å². The van der Waals surface area contributed by atoms with Crippen LogP contribution in [-0.4, -0.2) is 17.4 Å². The Kier molecular flexibility index (Phi) is 5.73. The van der Waals surface area contributed by atoms with Crippen molar-refractivity contribution >= 4 is 22.9 Å². The zero-order valence-corrected chi connectivity index (χ0v) is 11.9. The van der Waals surface area contributed by atoms with Gasteiger partial charge in [0, 0.05) is 24.3 Å². The lowest BCUT2D eigenvalue weighted by Gasteiger charge is -2.24. The SMILES string of the molecule is Cc1nc(CNCC(C)(C)CCCCl)cs1. The number of rotatable bonds is 7. The number of thiazole rings is 1. The molecule has 0 unspecified atom stereocenters. The van der Waals surface area contributed by atoms with Crippen LogP contribution in [0.15, 0.2) is 5.38 Å². The molecule has 0 saturated carbocycles. The standard InChI is InChI=1S/C12H21ClN2S/c1-10-15-11(8-16-10)7-14-9-12(2,3)5-4-6-13/h8,14H,4-7,9H2,1-3H3. The van der Waals surface area contributed by atoms with Crippen LogP contribution in [0.3, 0.4) is 0 Å². The van der Waals surface area contributed by atoms with Gasteiger partial charge in [-0.3, -0.25) is 0 Å². The first-order valence-electron chi connectivity index (χ1n) is 5.71. The highest BCUT2D eigenvalue weighted by Crippen LogP contribution is 2.21. The largest absolute Gasteiger partial charge is 0.311 e. The van der Waals surface area contributed by atoms with Gasteiger partial charge in [0.1, 0.15) is 0 Å². The van der Waals surface area contributed by atoms with E-state index >= 15 is 0 Å².